The molecule has 0 fully saturated rings. The number of carbonyl (C=O) groups excluding carboxylic acids is 1. The van der Waals surface area contributed by atoms with E-state index in [1.54, 1.807) is 18.2 Å². The third kappa shape index (κ3) is 3.62. The van der Waals surface area contributed by atoms with E-state index in [9.17, 15) is 4.79 Å². The van der Waals surface area contributed by atoms with Crippen molar-refractivity contribution in [2.75, 3.05) is 11.1 Å². The van der Waals surface area contributed by atoms with Crippen molar-refractivity contribution in [2.45, 2.75) is 6.92 Å². The first-order valence-electron chi connectivity index (χ1n) is 5.70. The Kier molecular flexibility index (Phi) is 4.88. The minimum absolute atomic E-state index is 0.219. The van der Waals surface area contributed by atoms with Gasteiger partial charge in [-0.1, -0.05) is 15.9 Å². The Morgan fingerprint density at radius 2 is 1.65 bits per heavy atom. The lowest BCUT2D eigenvalue weighted by atomic mass is 10.1. The van der Waals surface area contributed by atoms with Gasteiger partial charge >= 0.3 is 0 Å². The second kappa shape index (κ2) is 6.28. The molecule has 3 N–H and O–H groups in total. The molecule has 0 unspecified atom stereocenters. The molecule has 0 radical (unpaired) electrons. The number of carbonyl (C=O) groups is 1. The summed E-state index contributed by atoms with van der Waals surface area (Å²) in [7, 11) is 0. The van der Waals surface area contributed by atoms with Crippen molar-refractivity contribution in [3.8, 4) is 0 Å². The maximum atomic E-state index is 12.3. The van der Waals surface area contributed by atoms with Gasteiger partial charge in [0.25, 0.3) is 5.91 Å². The van der Waals surface area contributed by atoms with Gasteiger partial charge in [-0.25, -0.2) is 0 Å². The summed E-state index contributed by atoms with van der Waals surface area (Å²) in [5.74, 6) is -0.219. The molecule has 0 bridgehead atoms. The standard InChI is InChI=1S/C14H11Br3N2O/c1-7-2-11(16)13(12(17)3-7)19-14(20)8-4-9(15)6-10(18)5-8/h2-6H,18H2,1H3,(H,19,20). The number of amides is 1. The topological polar surface area (TPSA) is 55.1 Å². The predicted octanol–water partition coefficient (Wildman–Crippen LogP) is 5.12. The first kappa shape index (κ1) is 15.5. The molecule has 2 aromatic carbocycles. The van der Waals surface area contributed by atoms with Crippen LogP contribution in [0, 0.1) is 6.92 Å². The normalized spacial score (nSPS) is 10.4. The maximum Gasteiger partial charge on any atom is 0.255 e. The highest BCUT2D eigenvalue weighted by molar-refractivity contribution is 9.11. The third-order valence-electron chi connectivity index (χ3n) is 2.61. The van der Waals surface area contributed by atoms with E-state index in [1.807, 2.05) is 19.1 Å². The summed E-state index contributed by atoms with van der Waals surface area (Å²) in [5.41, 5.74) is 8.56. The number of hydrogen-bond acceptors (Lipinski definition) is 2. The Bertz CT molecular complexity index is 643. The summed E-state index contributed by atoms with van der Waals surface area (Å²) in [6, 6.07) is 8.98. The van der Waals surface area contributed by atoms with E-state index in [1.165, 1.54) is 0 Å². The quantitative estimate of drug-likeness (QED) is 0.609. The summed E-state index contributed by atoms with van der Waals surface area (Å²) in [6.45, 7) is 1.98. The van der Waals surface area contributed by atoms with Gasteiger partial charge in [0.05, 0.1) is 5.69 Å². The van der Waals surface area contributed by atoms with Gasteiger partial charge < -0.3 is 11.1 Å². The maximum absolute atomic E-state index is 12.3. The number of nitrogens with one attached hydrogen (secondary N) is 1. The lowest BCUT2D eigenvalue weighted by Crippen LogP contribution is -2.13. The van der Waals surface area contributed by atoms with Crippen LogP contribution in [-0.4, -0.2) is 5.91 Å². The fourth-order valence-electron chi connectivity index (χ4n) is 1.75. The molecular weight excluding hydrogens is 452 g/mol. The molecule has 6 heteroatoms. The summed E-state index contributed by atoms with van der Waals surface area (Å²) >= 11 is 10.2. The van der Waals surface area contributed by atoms with Gasteiger partial charge in [0.15, 0.2) is 0 Å². The Hall–Kier alpha value is -0.850. The van der Waals surface area contributed by atoms with Crippen LogP contribution >= 0.6 is 47.8 Å². The van der Waals surface area contributed by atoms with Crippen molar-refractivity contribution in [1.29, 1.82) is 0 Å². The summed E-state index contributed by atoms with van der Waals surface area (Å²) in [4.78, 5) is 12.3. The van der Waals surface area contributed by atoms with Crippen molar-refractivity contribution >= 4 is 65.1 Å². The number of aryl methyl sites for hydroxylation is 1. The summed E-state index contributed by atoms with van der Waals surface area (Å²) in [6.07, 6.45) is 0. The zero-order valence-corrected chi connectivity index (χ0v) is 15.3. The lowest BCUT2D eigenvalue weighted by Gasteiger charge is -2.11. The summed E-state index contributed by atoms with van der Waals surface area (Å²) in [5, 5.41) is 2.87. The monoisotopic (exact) mass is 460 g/mol. The second-order valence-electron chi connectivity index (χ2n) is 4.33. The van der Waals surface area contributed by atoms with Crippen molar-refractivity contribution < 1.29 is 4.79 Å². The molecule has 0 atom stereocenters. The van der Waals surface area contributed by atoms with Crippen LogP contribution in [0.25, 0.3) is 0 Å². The zero-order valence-electron chi connectivity index (χ0n) is 10.5. The van der Waals surface area contributed by atoms with Crippen LogP contribution in [0.15, 0.2) is 43.7 Å². The molecule has 104 valence electrons. The minimum Gasteiger partial charge on any atom is -0.399 e. The number of hydrogen-bond donors (Lipinski definition) is 2. The van der Waals surface area contributed by atoms with Crippen molar-refractivity contribution in [3.63, 3.8) is 0 Å². The Labute approximate surface area is 142 Å². The fraction of sp³-hybridized carbons (Fsp3) is 0.0714. The smallest absolute Gasteiger partial charge is 0.255 e. The first-order valence-corrected chi connectivity index (χ1v) is 8.08. The molecule has 0 aromatic heterocycles. The Balaban J connectivity index is 2.32. The number of rotatable bonds is 2. The lowest BCUT2D eigenvalue weighted by molar-refractivity contribution is 0.102. The molecule has 0 heterocycles. The van der Waals surface area contributed by atoms with Gasteiger partial charge in [-0.3, -0.25) is 4.79 Å². The van der Waals surface area contributed by atoms with Crippen LogP contribution in [0.4, 0.5) is 11.4 Å². The number of nitrogen functional groups attached to an aromatic ring is 1. The van der Waals surface area contributed by atoms with Gasteiger partial charge in [-0.15, -0.1) is 0 Å². The molecule has 3 nitrogen and oxygen atoms in total. The first-order chi connectivity index (χ1) is 9.36. The molecule has 0 spiro atoms. The molecule has 0 aliphatic rings. The second-order valence-corrected chi connectivity index (χ2v) is 6.96. The van der Waals surface area contributed by atoms with E-state index < -0.39 is 0 Å². The van der Waals surface area contributed by atoms with Crippen molar-refractivity contribution in [2.24, 2.45) is 0 Å². The van der Waals surface area contributed by atoms with Crippen LogP contribution in [0.5, 0.6) is 0 Å². The summed E-state index contributed by atoms with van der Waals surface area (Å²) < 4.78 is 2.41. The molecule has 0 aliphatic carbocycles. The van der Waals surface area contributed by atoms with Crippen molar-refractivity contribution in [1.82, 2.24) is 0 Å². The largest absolute Gasteiger partial charge is 0.399 e. The molecule has 0 saturated carbocycles. The Morgan fingerprint density at radius 1 is 1.05 bits per heavy atom. The highest BCUT2D eigenvalue weighted by atomic mass is 79.9. The van der Waals surface area contributed by atoms with E-state index >= 15 is 0 Å². The minimum atomic E-state index is -0.219. The van der Waals surface area contributed by atoms with E-state index in [4.69, 9.17) is 5.73 Å². The number of benzene rings is 2. The van der Waals surface area contributed by atoms with Crippen LogP contribution in [-0.2, 0) is 0 Å². The van der Waals surface area contributed by atoms with E-state index in [2.05, 4.69) is 53.1 Å². The average molecular weight is 463 g/mol. The molecule has 2 aromatic rings. The van der Waals surface area contributed by atoms with Gasteiger partial charge in [-0.05, 0) is 74.7 Å². The van der Waals surface area contributed by atoms with Gasteiger partial charge in [-0.2, -0.15) is 0 Å². The zero-order chi connectivity index (χ0) is 14.9. The van der Waals surface area contributed by atoms with Crippen molar-refractivity contribution in [3.05, 3.63) is 54.9 Å². The fourth-order valence-corrected chi connectivity index (χ4v) is 3.87. The number of nitrogens with two attached hydrogens (primary N) is 1. The van der Waals surface area contributed by atoms with Crippen LogP contribution < -0.4 is 11.1 Å². The highest BCUT2D eigenvalue weighted by Gasteiger charge is 2.12. The SMILES string of the molecule is Cc1cc(Br)c(NC(=O)c2cc(N)cc(Br)c2)c(Br)c1. The van der Waals surface area contributed by atoms with E-state index in [-0.39, 0.29) is 5.91 Å². The average Bonchev–Trinajstić information content (AvgIpc) is 2.32. The molecule has 20 heavy (non-hydrogen) atoms. The predicted molar refractivity (Wildman–Crippen MR) is 93.1 cm³/mol. The van der Waals surface area contributed by atoms with Crippen LogP contribution in [0.1, 0.15) is 15.9 Å². The van der Waals surface area contributed by atoms with Gasteiger partial charge in [0, 0.05) is 24.7 Å². The molecule has 0 aliphatic heterocycles. The van der Waals surface area contributed by atoms with E-state index in [0.717, 1.165) is 19.0 Å². The Morgan fingerprint density at radius 3 is 2.20 bits per heavy atom. The molecular formula is C14H11Br3N2O. The van der Waals surface area contributed by atoms with Crippen LogP contribution in [0.2, 0.25) is 0 Å². The van der Waals surface area contributed by atoms with Crippen LogP contribution in [0.3, 0.4) is 0 Å². The number of anilines is 2. The van der Waals surface area contributed by atoms with Gasteiger partial charge in [0.1, 0.15) is 0 Å². The molecule has 0 saturated heterocycles. The molecule has 2 rings (SSSR count). The third-order valence-corrected chi connectivity index (χ3v) is 4.32. The highest BCUT2D eigenvalue weighted by Crippen LogP contribution is 2.32. The molecule has 1 amide bonds. The van der Waals surface area contributed by atoms with E-state index in [0.29, 0.717) is 16.9 Å². The number of halogens is 3. The van der Waals surface area contributed by atoms with Gasteiger partial charge in [0.2, 0.25) is 0 Å².